The number of halogens is 1. The molecule has 7 heteroatoms. The zero-order valence-electron chi connectivity index (χ0n) is 16.0. The van der Waals surface area contributed by atoms with Crippen molar-refractivity contribution in [2.24, 2.45) is 0 Å². The highest BCUT2D eigenvalue weighted by molar-refractivity contribution is 6.31. The number of esters is 1. The predicted molar refractivity (Wildman–Crippen MR) is 104 cm³/mol. The first kappa shape index (κ1) is 20.7. The van der Waals surface area contributed by atoms with E-state index in [9.17, 15) is 10.1 Å². The van der Waals surface area contributed by atoms with Crippen LogP contribution in [0.4, 0.5) is 0 Å². The number of methoxy groups -OCH3 is 1. The molecule has 0 saturated heterocycles. The van der Waals surface area contributed by atoms with E-state index in [1.54, 1.807) is 18.5 Å². The number of hydrogen-bond acceptors (Lipinski definition) is 5. The van der Waals surface area contributed by atoms with Crippen molar-refractivity contribution in [1.82, 2.24) is 9.78 Å². The maximum absolute atomic E-state index is 12.2. The van der Waals surface area contributed by atoms with Crippen molar-refractivity contribution in [3.8, 4) is 11.8 Å². The van der Waals surface area contributed by atoms with Gasteiger partial charge in [0.1, 0.15) is 22.9 Å². The monoisotopic (exact) mass is 387 g/mol. The van der Waals surface area contributed by atoms with E-state index in [1.807, 2.05) is 38.1 Å². The molecule has 0 N–H and O–H groups in total. The van der Waals surface area contributed by atoms with Crippen LogP contribution in [0.2, 0.25) is 5.15 Å². The number of carbonyl (C=O) groups excluding carboxylic acids is 1. The van der Waals surface area contributed by atoms with E-state index in [4.69, 9.17) is 21.1 Å². The Hall–Kier alpha value is -2.62. The van der Waals surface area contributed by atoms with Gasteiger partial charge < -0.3 is 9.47 Å². The van der Waals surface area contributed by atoms with Gasteiger partial charge in [-0.25, -0.2) is 9.48 Å². The SMILES string of the molecule is COC[C@H](C)OC(=O)/C(C#N)=C/c1c(C)nn(-c2cc(C)ccc2C)c1Cl. The number of nitrogens with zero attached hydrogens (tertiary/aromatic N) is 3. The van der Waals surface area contributed by atoms with E-state index in [1.165, 1.54) is 13.2 Å². The first-order valence-electron chi connectivity index (χ1n) is 8.43. The molecule has 0 fully saturated rings. The Bertz CT molecular complexity index is 925. The number of hydrogen-bond donors (Lipinski definition) is 0. The van der Waals surface area contributed by atoms with Gasteiger partial charge in [0.25, 0.3) is 0 Å². The summed E-state index contributed by atoms with van der Waals surface area (Å²) in [6.07, 6.45) is 0.947. The van der Waals surface area contributed by atoms with Crippen LogP contribution in [0.1, 0.15) is 29.3 Å². The molecule has 27 heavy (non-hydrogen) atoms. The second kappa shape index (κ2) is 8.85. The highest BCUT2D eigenvalue weighted by atomic mass is 35.5. The minimum absolute atomic E-state index is 0.150. The van der Waals surface area contributed by atoms with Crippen molar-refractivity contribution in [2.75, 3.05) is 13.7 Å². The molecule has 0 saturated carbocycles. The zero-order valence-corrected chi connectivity index (χ0v) is 16.8. The normalized spacial score (nSPS) is 12.6. The molecular weight excluding hydrogens is 366 g/mol. The summed E-state index contributed by atoms with van der Waals surface area (Å²) in [6, 6.07) is 7.85. The van der Waals surface area contributed by atoms with Gasteiger partial charge in [-0.15, -0.1) is 0 Å². The van der Waals surface area contributed by atoms with Crippen LogP contribution in [-0.4, -0.2) is 35.6 Å². The number of aryl methyl sites for hydroxylation is 3. The number of rotatable bonds is 6. The maximum atomic E-state index is 12.2. The fourth-order valence-corrected chi connectivity index (χ4v) is 2.90. The molecule has 0 aliphatic rings. The van der Waals surface area contributed by atoms with Crippen molar-refractivity contribution in [1.29, 1.82) is 5.26 Å². The molecular formula is C20H22ClN3O3. The number of carbonyl (C=O) groups is 1. The lowest BCUT2D eigenvalue weighted by molar-refractivity contribution is -0.145. The van der Waals surface area contributed by atoms with Crippen molar-refractivity contribution < 1.29 is 14.3 Å². The fraction of sp³-hybridized carbons (Fsp3) is 0.350. The molecule has 0 bridgehead atoms. The van der Waals surface area contributed by atoms with E-state index in [2.05, 4.69) is 5.10 Å². The van der Waals surface area contributed by atoms with Gasteiger partial charge in [-0.05, 0) is 51.0 Å². The molecule has 142 valence electrons. The lowest BCUT2D eigenvalue weighted by Gasteiger charge is -2.11. The molecule has 0 radical (unpaired) electrons. The van der Waals surface area contributed by atoms with Gasteiger partial charge in [-0.3, -0.25) is 0 Å². The Morgan fingerprint density at radius 1 is 1.41 bits per heavy atom. The van der Waals surface area contributed by atoms with Gasteiger partial charge in [0.15, 0.2) is 0 Å². The van der Waals surface area contributed by atoms with Crippen LogP contribution in [0.5, 0.6) is 0 Å². The average Bonchev–Trinajstić information content (AvgIpc) is 2.89. The Balaban J connectivity index is 2.43. The molecule has 2 aromatic rings. The topological polar surface area (TPSA) is 77.1 Å². The van der Waals surface area contributed by atoms with E-state index in [0.29, 0.717) is 16.4 Å². The summed E-state index contributed by atoms with van der Waals surface area (Å²) in [4.78, 5) is 12.2. The first-order valence-corrected chi connectivity index (χ1v) is 8.80. The molecule has 0 amide bonds. The van der Waals surface area contributed by atoms with Crippen molar-refractivity contribution in [3.05, 3.63) is 51.3 Å². The average molecular weight is 388 g/mol. The van der Waals surface area contributed by atoms with E-state index < -0.39 is 12.1 Å². The summed E-state index contributed by atoms with van der Waals surface area (Å²) >= 11 is 6.52. The molecule has 0 aliphatic carbocycles. The summed E-state index contributed by atoms with van der Waals surface area (Å²) in [7, 11) is 1.51. The van der Waals surface area contributed by atoms with E-state index >= 15 is 0 Å². The van der Waals surface area contributed by atoms with E-state index in [-0.39, 0.29) is 12.2 Å². The number of ether oxygens (including phenoxy) is 2. The van der Waals surface area contributed by atoms with Crippen LogP contribution in [0.25, 0.3) is 11.8 Å². The van der Waals surface area contributed by atoms with Crippen LogP contribution in [0.15, 0.2) is 23.8 Å². The number of nitriles is 1. The number of aromatic nitrogens is 2. The molecule has 1 heterocycles. The Kier molecular flexibility index (Phi) is 6.78. The smallest absolute Gasteiger partial charge is 0.349 e. The highest BCUT2D eigenvalue weighted by Crippen LogP contribution is 2.27. The molecule has 6 nitrogen and oxygen atoms in total. The van der Waals surface area contributed by atoms with Crippen LogP contribution in [0.3, 0.4) is 0 Å². The quantitative estimate of drug-likeness (QED) is 0.426. The minimum Gasteiger partial charge on any atom is -0.456 e. The molecule has 0 unspecified atom stereocenters. The Morgan fingerprint density at radius 3 is 2.74 bits per heavy atom. The van der Waals surface area contributed by atoms with Gasteiger partial charge in [-0.2, -0.15) is 10.4 Å². The summed E-state index contributed by atoms with van der Waals surface area (Å²) in [6.45, 7) is 7.65. The molecule has 0 spiro atoms. The highest BCUT2D eigenvalue weighted by Gasteiger charge is 2.19. The van der Waals surface area contributed by atoms with Crippen molar-refractivity contribution in [3.63, 3.8) is 0 Å². The maximum Gasteiger partial charge on any atom is 0.349 e. The van der Waals surface area contributed by atoms with Gasteiger partial charge in [-0.1, -0.05) is 23.7 Å². The number of benzene rings is 1. The Morgan fingerprint density at radius 2 is 2.11 bits per heavy atom. The lowest BCUT2D eigenvalue weighted by Crippen LogP contribution is -2.20. The van der Waals surface area contributed by atoms with Crippen LogP contribution in [0, 0.1) is 32.1 Å². The zero-order chi connectivity index (χ0) is 20.1. The third kappa shape index (κ3) is 4.76. The Labute approximate surface area is 164 Å². The van der Waals surface area contributed by atoms with Gasteiger partial charge >= 0.3 is 5.97 Å². The molecule has 1 aromatic carbocycles. The van der Waals surface area contributed by atoms with E-state index in [0.717, 1.165) is 16.8 Å². The lowest BCUT2D eigenvalue weighted by atomic mass is 10.1. The first-order chi connectivity index (χ1) is 12.8. The molecule has 1 atom stereocenters. The van der Waals surface area contributed by atoms with Crippen LogP contribution >= 0.6 is 11.6 Å². The van der Waals surface area contributed by atoms with Crippen LogP contribution < -0.4 is 0 Å². The fourth-order valence-electron chi connectivity index (χ4n) is 2.58. The minimum atomic E-state index is -0.725. The summed E-state index contributed by atoms with van der Waals surface area (Å²) < 4.78 is 11.7. The van der Waals surface area contributed by atoms with Gasteiger partial charge in [0.2, 0.25) is 0 Å². The third-order valence-corrected chi connectivity index (χ3v) is 4.34. The second-order valence-electron chi connectivity index (χ2n) is 6.33. The standard InChI is InChI=1S/C20H22ClN3O3/c1-12-6-7-13(2)18(8-12)24-19(21)17(15(4)23-24)9-16(10-22)20(25)27-14(3)11-26-5/h6-9,14H,11H2,1-5H3/b16-9+/t14-/m0/s1. The molecule has 1 aromatic heterocycles. The van der Waals surface area contributed by atoms with Gasteiger partial charge in [0.05, 0.1) is 18.0 Å². The summed E-state index contributed by atoms with van der Waals surface area (Å²) in [5, 5.41) is 14.2. The second-order valence-corrected chi connectivity index (χ2v) is 6.69. The van der Waals surface area contributed by atoms with Gasteiger partial charge in [0, 0.05) is 12.7 Å². The molecule has 0 aliphatic heterocycles. The molecule has 2 rings (SSSR count). The van der Waals surface area contributed by atoms with Crippen molar-refractivity contribution >= 4 is 23.6 Å². The third-order valence-electron chi connectivity index (χ3n) is 3.98. The van der Waals surface area contributed by atoms with Crippen molar-refractivity contribution in [2.45, 2.75) is 33.8 Å². The van der Waals surface area contributed by atoms with Crippen LogP contribution in [-0.2, 0) is 14.3 Å². The predicted octanol–water partition coefficient (Wildman–Crippen LogP) is 3.94. The summed E-state index contributed by atoms with van der Waals surface area (Å²) in [5.74, 6) is -0.725. The largest absolute Gasteiger partial charge is 0.456 e. The summed E-state index contributed by atoms with van der Waals surface area (Å²) in [5.41, 5.74) is 3.89.